The second-order valence-electron chi connectivity index (χ2n) is 7.73. The van der Waals surface area contributed by atoms with Crippen molar-refractivity contribution in [1.29, 1.82) is 0 Å². The van der Waals surface area contributed by atoms with Gasteiger partial charge in [0.1, 0.15) is 0 Å². The van der Waals surface area contributed by atoms with Gasteiger partial charge in [-0.3, -0.25) is 9.79 Å². The Hall–Kier alpha value is -2.04. The average molecular weight is 543 g/mol. The summed E-state index contributed by atoms with van der Waals surface area (Å²) in [7, 11) is 1.75. The van der Waals surface area contributed by atoms with Gasteiger partial charge in [-0.2, -0.15) is 0 Å². The third-order valence-corrected chi connectivity index (χ3v) is 5.64. The first kappa shape index (κ1) is 25.2. The molecule has 0 bridgehead atoms. The third-order valence-electron chi connectivity index (χ3n) is 5.64. The van der Waals surface area contributed by atoms with E-state index in [1.54, 1.807) is 11.9 Å². The standard InChI is InChI=1S/C22H33N5O3.HI/c1-3-30-22(29)26-13-10-19(11-14-26)25-21(23-2)24-12-6-9-20(28)27-15-17-7-4-5-8-18(17)16-27;/h4-5,7-8,19H,3,6,9-16H2,1-2H3,(H2,23,24,25);1H. The Kier molecular flexibility index (Phi) is 10.4. The van der Waals surface area contributed by atoms with Gasteiger partial charge in [0.25, 0.3) is 0 Å². The number of hydrogen-bond donors (Lipinski definition) is 2. The smallest absolute Gasteiger partial charge is 0.409 e. The first-order valence-electron chi connectivity index (χ1n) is 10.8. The topological polar surface area (TPSA) is 86.3 Å². The summed E-state index contributed by atoms with van der Waals surface area (Å²) in [6.45, 7) is 5.71. The second-order valence-corrected chi connectivity index (χ2v) is 7.73. The highest BCUT2D eigenvalue weighted by atomic mass is 127. The number of halogens is 1. The van der Waals surface area contributed by atoms with Crippen LogP contribution in [0.3, 0.4) is 0 Å². The number of carbonyl (C=O) groups is 2. The zero-order valence-electron chi connectivity index (χ0n) is 18.4. The van der Waals surface area contributed by atoms with Crippen molar-refractivity contribution < 1.29 is 14.3 Å². The minimum atomic E-state index is -0.232. The predicted molar refractivity (Wildman–Crippen MR) is 131 cm³/mol. The number of carbonyl (C=O) groups excluding carboxylic acids is 2. The summed E-state index contributed by atoms with van der Waals surface area (Å²) in [4.78, 5) is 32.2. The second kappa shape index (κ2) is 12.7. The van der Waals surface area contributed by atoms with E-state index in [9.17, 15) is 9.59 Å². The Morgan fingerprint density at radius 1 is 1.13 bits per heavy atom. The van der Waals surface area contributed by atoms with E-state index >= 15 is 0 Å². The lowest BCUT2D eigenvalue weighted by Gasteiger charge is -2.32. The number of guanidine groups is 1. The van der Waals surface area contributed by atoms with Gasteiger partial charge in [-0.1, -0.05) is 24.3 Å². The van der Waals surface area contributed by atoms with Gasteiger partial charge in [-0.15, -0.1) is 24.0 Å². The van der Waals surface area contributed by atoms with Crippen molar-refractivity contribution in [2.75, 3.05) is 33.3 Å². The molecule has 2 aliphatic rings. The highest BCUT2D eigenvalue weighted by molar-refractivity contribution is 14.0. The number of ether oxygens (including phenoxy) is 1. The zero-order valence-corrected chi connectivity index (χ0v) is 20.8. The van der Waals surface area contributed by atoms with Gasteiger partial charge >= 0.3 is 6.09 Å². The van der Waals surface area contributed by atoms with E-state index in [2.05, 4.69) is 27.8 Å². The van der Waals surface area contributed by atoms with Crippen LogP contribution in [-0.2, 0) is 22.6 Å². The molecule has 31 heavy (non-hydrogen) atoms. The first-order valence-corrected chi connectivity index (χ1v) is 10.8. The van der Waals surface area contributed by atoms with Gasteiger partial charge in [0.15, 0.2) is 5.96 Å². The molecule has 1 saturated heterocycles. The van der Waals surface area contributed by atoms with Crippen LogP contribution in [0.2, 0.25) is 0 Å². The molecule has 1 fully saturated rings. The number of amides is 2. The minimum Gasteiger partial charge on any atom is -0.450 e. The molecule has 0 unspecified atom stereocenters. The SMILES string of the molecule is CCOC(=O)N1CCC(NC(=NC)NCCCC(=O)N2Cc3ccccc3C2)CC1.I. The Morgan fingerprint density at radius 2 is 1.77 bits per heavy atom. The van der Waals surface area contributed by atoms with E-state index < -0.39 is 0 Å². The number of hydrogen-bond acceptors (Lipinski definition) is 4. The molecule has 2 aliphatic heterocycles. The van der Waals surface area contributed by atoms with Crippen molar-refractivity contribution in [3.8, 4) is 0 Å². The minimum absolute atomic E-state index is 0. The van der Waals surface area contributed by atoms with Crippen LogP contribution in [0.1, 0.15) is 43.7 Å². The molecule has 2 N–H and O–H groups in total. The summed E-state index contributed by atoms with van der Waals surface area (Å²) < 4.78 is 5.06. The maximum absolute atomic E-state index is 12.5. The normalized spacial score (nSPS) is 16.4. The molecule has 0 saturated carbocycles. The van der Waals surface area contributed by atoms with Gasteiger partial charge in [0, 0.05) is 52.2 Å². The summed E-state index contributed by atoms with van der Waals surface area (Å²) >= 11 is 0. The fourth-order valence-corrected chi connectivity index (χ4v) is 3.92. The van der Waals surface area contributed by atoms with Crippen molar-refractivity contribution in [1.82, 2.24) is 20.4 Å². The Bertz CT molecular complexity index is 740. The summed E-state index contributed by atoms with van der Waals surface area (Å²) in [6, 6.07) is 8.51. The summed E-state index contributed by atoms with van der Waals surface area (Å²) in [5.41, 5.74) is 2.50. The third kappa shape index (κ3) is 7.26. The molecule has 0 radical (unpaired) electrons. The molecule has 1 aromatic carbocycles. The predicted octanol–water partition coefficient (Wildman–Crippen LogP) is 2.71. The van der Waals surface area contributed by atoms with E-state index in [-0.39, 0.29) is 42.0 Å². The molecule has 2 heterocycles. The molecule has 172 valence electrons. The maximum atomic E-state index is 12.5. The Morgan fingerprint density at radius 3 is 2.35 bits per heavy atom. The number of aliphatic imine (C=N–C) groups is 1. The van der Waals surface area contributed by atoms with Crippen molar-refractivity contribution in [2.45, 2.75) is 51.7 Å². The van der Waals surface area contributed by atoms with E-state index in [0.717, 1.165) is 38.3 Å². The summed E-state index contributed by atoms with van der Waals surface area (Å²) in [5.74, 6) is 0.938. The fraction of sp³-hybridized carbons (Fsp3) is 0.591. The van der Waals surface area contributed by atoms with Crippen LogP contribution < -0.4 is 10.6 Å². The van der Waals surface area contributed by atoms with Crippen molar-refractivity contribution >= 4 is 41.9 Å². The number of rotatable bonds is 6. The lowest BCUT2D eigenvalue weighted by molar-refractivity contribution is -0.131. The van der Waals surface area contributed by atoms with Crippen LogP contribution >= 0.6 is 24.0 Å². The number of nitrogens with zero attached hydrogens (tertiary/aromatic N) is 3. The molecule has 8 nitrogen and oxygen atoms in total. The molecular weight excluding hydrogens is 509 g/mol. The van der Waals surface area contributed by atoms with E-state index in [4.69, 9.17) is 4.74 Å². The lowest BCUT2D eigenvalue weighted by Crippen LogP contribution is -2.50. The van der Waals surface area contributed by atoms with Gasteiger partial charge in [0.2, 0.25) is 5.91 Å². The monoisotopic (exact) mass is 543 g/mol. The molecule has 2 amide bonds. The molecule has 0 atom stereocenters. The molecular formula is C22H34IN5O3. The first-order chi connectivity index (χ1) is 14.6. The molecule has 3 rings (SSSR count). The van der Waals surface area contributed by atoms with Crippen molar-refractivity contribution in [2.24, 2.45) is 4.99 Å². The van der Waals surface area contributed by atoms with Crippen LogP contribution in [0, 0.1) is 0 Å². The highest BCUT2D eigenvalue weighted by Crippen LogP contribution is 2.22. The largest absolute Gasteiger partial charge is 0.450 e. The summed E-state index contributed by atoms with van der Waals surface area (Å²) in [5, 5.41) is 6.71. The van der Waals surface area contributed by atoms with Gasteiger partial charge in [0.05, 0.1) is 6.61 Å². The van der Waals surface area contributed by atoms with Crippen LogP contribution in [0.25, 0.3) is 0 Å². The Labute approximate surface area is 201 Å². The van der Waals surface area contributed by atoms with Crippen molar-refractivity contribution in [3.63, 3.8) is 0 Å². The number of nitrogens with one attached hydrogen (secondary N) is 2. The van der Waals surface area contributed by atoms with E-state index in [1.807, 2.05) is 24.0 Å². The van der Waals surface area contributed by atoms with Crippen LogP contribution in [0.5, 0.6) is 0 Å². The molecule has 0 aromatic heterocycles. The summed E-state index contributed by atoms with van der Waals surface area (Å²) in [6.07, 6.45) is 2.76. The van der Waals surface area contributed by atoms with Gasteiger partial charge in [-0.05, 0) is 37.3 Å². The van der Waals surface area contributed by atoms with Gasteiger partial charge < -0.3 is 25.2 Å². The van der Waals surface area contributed by atoms with Crippen molar-refractivity contribution in [3.05, 3.63) is 35.4 Å². The maximum Gasteiger partial charge on any atom is 0.409 e. The molecule has 1 aromatic rings. The number of piperidine rings is 1. The molecule has 0 aliphatic carbocycles. The number of fused-ring (bicyclic) bond motifs is 1. The number of likely N-dealkylation sites (tertiary alicyclic amines) is 1. The molecule has 9 heteroatoms. The van der Waals surface area contributed by atoms with E-state index in [0.29, 0.717) is 32.7 Å². The molecule has 0 spiro atoms. The lowest BCUT2D eigenvalue weighted by atomic mass is 10.1. The van der Waals surface area contributed by atoms with Gasteiger partial charge in [-0.25, -0.2) is 4.79 Å². The van der Waals surface area contributed by atoms with E-state index in [1.165, 1.54) is 11.1 Å². The van der Waals surface area contributed by atoms with Crippen LogP contribution in [0.4, 0.5) is 4.79 Å². The van der Waals surface area contributed by atoms with Crippen LogP contribution in [0.15, 0.2) is 29.3 Å². The average Bonchev–Trinajstić information content (AvgIpc) is 3.21. The zero-order chi connectivity index (χ0) is 21.3. The highest BCUT2D eigenvalue weighted by Gasteiger charge is 2.24. The fourth-order valence-electron chi connectivity index (χ4n) is 3.92. The van der Waals surface area contributed by atoms with Crippen LogP contribution in [-0.4, -0.2) is 67.1 Å². The Balaban J connectivity index is 0.00000341. The quantitative estimate of drug-likeness (QED) is 0.250. The number of benzene rings is 1.